The van der Waals surface area contributed by atoms with Gasteiger partial charge in [-0.2, -0.15) is 0 Å². The quantitative estimate of drug-likeness (QED) is 0.420. The SMILES string of the molecule is CC1(C)c2cccnc2-c2ccc3c(c21)-c1cc2ccccc2nc1OC3. The number of nitrogens with zero attached hydrogens (tertiary/aromatic N) is 2. The van der Waals surface area contributed by atoms with E-state index in [1.165, 1.54) is 27.8 Å². The molecule has 0 unspecified atom stereocenters. The summed E-state index contributed by atoms with van der Waals surface area (Å²) in [5.41, 5.74) is 9.41. The molecule has 3 heteroatoms. The van der Waals surface area contributed by atoms with Crippen LogP contribution in [0.5, 0.6) is 5.88 Å². The molecule has 6 rings (SSSR count). The molecule has 3 nitrogen and oxygen atoms in total. The average molecular weight is 350 g/mol. The summed E-state index contributed by atoms with van der Waals surface area (Å²) in [5.74, 6) is 0.731. The van der Waals surface area contributed by atoms with Gasteiger partial charge in [-0.05, 0) is 40.5 Å². The predicted molar refractivity (Wildman–Crippen MR) is 107 cm³/mol. The summed E-state index contributed by atoms with van der Waals surface area (Å²) in [4.78, 5) is 9.50. The van der Waals surface area contributed by atoms with Gasteiger partial charge in [-0.1, -0.05) is 50.2 Å². The van der Waals surface area contributed by atoms with Crippen LogP contribution in [-0.2, 0) is 12.0 Å². The third kappa shape index (κ3) is 1.86. The Kier molecular flexibility index (Phi) is 2.73. The number of fused-ring (bicyclic) bond motifs is 8. The molecular formula is C24H18N2O. The minimum Gasteiger partial charge on any atom is -0.472 e. The average Bonchev–Trinajstić information content (AvgIpc) is 2.94. The van der Waals surface area contributed by atoms with Crippen LogP contribution < -0.4 is 4.74 Å². The molecule has 1 aliphatic heterocycles. The predicted octanol–water partition coefficient (Wildman–Crippen LogP) is 5.50. The Balaban J connectivity index is 1.72. The third-order valence-corrected chi connectivity index (χ3v) is 5.98. The van der Waals surface area contributed by atoms with E-state index in [4.69, 9.17) is 14.7 Å². The van der Waals surface area contributed by atoms with Crippen LogP contribution in [0.15, 0.2) is 60.8 Å². The molecule has 2 aromatic heterocycles. The molecule has 0 fully saturated rings. The largest absolute Gasteiger partial charge is 0.472 e. The lowest BCUT2D eigenvalue weighted by Crippen LogP contribution is -2.19. The molecule has 2 aliphatic rings. The van der Waals surface area contributed by atoms with Crippen molar-refractivity contribution in [3.8, 4) is 28.3 Å². The molecule has 0 bridgehead atoms. The van der Waals surface area contributed by atoms with Gasteiger partial charge in [0.05, 0.1) is 11.2 Å². The molecule has 0 saturated heterocycles. The van der Waals surface area contributed by atoms with Gasteiger partial charge in [0.1, 0.15) is 6.61 Å². The molecule has 0 amide bonds. The molecule has 27 heavy (non-hydrogen) atoms. The fraction of sp³-hybridized carbons (Fsp3) is 0.167. The summed E-state index contributed by atoms with van der Waals surface area (Å²) in [6.07, 6.45) is 1.88. The van der Waals surface area contributed by atoms with E-state index in [9.17, 15) is 0 Å². The lowest BCUT2D eigenvalue weighted by atomic mass is 9.77. The van der Waals surface area contributed by atoms with Crippen molar-refractivity contribution in [1.29, 1.82) is 0 Å². The summed E-state index contributed by atoms with van der Waals surface area (Å²) >= 11 is 0. The lowest BCUT2D eigenvalue weighted by Gasteiger charge is -2.29. The van der Waals surface area contributed by atoms with Gasteiger partial charge in [-0.25, -0.2) is 4.98 Å². The standard InChI is InChI=1S/C24H18N2O/c1-24(2)18-7-5-11-25-22(18)16-10-9-15-13-27-23-17(20(15)21(16)24)12-14-6-3-4-8-19(14)26-23/h3-12H,13H2,1-2H3. The monoisotopic (exact) mass is 350 g/mol. The van der Waals surface area contributed by atoms with Crippen molar-refractivity contribution in [1.82, 2.24) is 9.97 Å². The second-order valence-electron chi connectivity index (χ2n) is 7.87. The van der Waals surface area contributed by atoms with Gasteiger partial charge in [0, 0.05) is 28.1 Å². The first-order valence-corrected chi connectivity index (χ1v) is 9.30. The molecule has 3 heterocycles. The van der Waals surface area contributed by atoms with Gasteiger partial charge < -0.3 is 4.74 Å². The highest BCUT2D eigenvalue weighted by Gasteiger charge is 2.40. The van der Waals surface area contributed by atoms with Crippen molar-refractivity contribution >= 4 is 10.9 Å². The van der Waals surface area contributed by atoms with E-state index in [2.05, 4.69) is 50.2 Å². The fourth-order valence-electron chi connectivity index (χ4n) is 4.71. The topological polar surface area (TPSA) is 35.0 Å². The molecule has 0 N–H and O–H groups in total. The van der Waals surface area contributed by atoms with Crippen LogP contribution >= 0.6 is 0 Å². The van der Waals surface area contributed by atoms with Crippen LogP contribution in [0.2, 0.25) is 0 Å². The Morgan fingerprint density at radius 3 is 2.78 bits per heavy atom. The number of para-hydroxylation sites is 1. The van der Waals surface area contributed by atoms with Gasteiger partial charge in [0.25, 0.3) is 0 Å². The van der Waals surface area contributed by atoms with Crippen molar-refractivity contribution in [2.45, 2.75) is 25.9 Å². The van der Waals surface area contributed by atoms with Crippen molar-refractivity contribution in [3.05, 3.63) is 77.5 Å². The number of pyridine rings is 2. The van der Waals surface area contributed by atoms with Crippen molar-refractivity contribution in [3.63, 3.8) is 0 Å². The maximum absolute atomic E-state index is 6.04. The Morgan fingerprint density at radius 1 is 0.963 bits per heavy atom. The molecule has 1 aliphatic carbocycles. The highest BCUT2D eigenvalue weighted by molar-refractivity contribution is 5.93. The van der Waals surface area contributed by atoms with Gasteiger partial charge in [0.2, 0.25) is 5.88 Å². The molecule has 0 spiro atoms. The van der Waals surface area contributed by atoms with Gasteiger partial charge in [-0.3, -0.25) is 4.98 Å². The van der Waals surface area contributed by atoms with Crippen molar-refractivity contribution in [2.75, 3.05) is 0 Å². The van der Waals surface area contributed by atoms with Crippen LogP contribution in [0.4, 0.5) is 0 Å². The first-order chi connectivity index (χ1) is 13.1. The second kappa shape index (κ2) is 4.95. The van der Waals surface area contributed by atoms with Gasteiger partial charge in [-0.15, -0.1) is 0 Å². The molecular weight excluding hydrogens is 332 g/mol. The first-order valence-electron chi connectivity index (χ1n) is 9.30. The third-order valence-electron chi connectivity index (χ3n) is 5.98. The Labute approximate surface area is 157 Å². The maximum atomic E-state index is 6.04. The zero-order chi connectivity index (χ0) is 18.2. The Morgan fingerprint density at radius 2 is 1.85 bits per heavy atom. The van der Waals surface area contributed by atoms with Crippen LogP contribution in [0.25, 0.3) is 33.3 Å². The highest BCUT2D eigenvalue weighted by atomic mass is 16.5. The Hall–Kier alpha value is -3.20. The van der Waals surface area contributed by atoms with Gasteiger partial charge >= 0.3 is 0 Å². The van der Waals surface area contributed by atoms with E-state index < -0.39 is 0 Å². The number of benzene rings is 2. The Bertz CT molecular complexity index is 1260. The number of aromatic nitrogens is 2. The van der Waals surface area contributed by atoms with E-state index in [-0.39, 0.29) is 5.41 Å². The number of rotatable bonds is 0. The first kappa shape index (κ1) is 14.9. The molecule has 0 saturated carbocycles. The van der Waals surface area contributed by atoms with E-state index in [1.807, 2.05) is 24.4 Å². The summed E-state index contributed by atoms with van der Waals surface area (Å²) < 4.78 is 6.04. The van der Waals surface area contributed by atoms with Crippen LogP contribution in [0, 0.1) is 0 Å². The maximum Gasteiger partial charge on any atom is 0.222 e. The number of hydrogen-bond donors (Lipinski definition) is 0. The zero-order valence-corrected chi connectivity index (χ0v) is 15.3. The van der Waals surface area contributed by atoms with E-state index >= 15 is 0 Å². The van der Waals surface area contributed by atoms with Gasteiger partial charge in [0.15, 0.2) is 0 Å². The molecule has 0 radical (unpaired) electrons. The summed E-state index contributed by atoms with van der Waals surface area (Å²) in [5, 5.41) is 1.14. The molecule has 0 atom stereocenters. The molecule has 2 aromatic carbocycles. The van der Waals surface area contributed by atoms with Crippen LogP contribution in [0.3, 0.4) is 0 Å². The summed E-state index contributed by atoms with van der Waals surface area (Å²) in [7, 11) is 0. The lowest BCUT2D eigenvalue weighted by molar-refractivity contribution is 0.291. The van der Waals surface area contributed by atoms with Crippen molar-refractivity contribution < 1.29 is 4.74 Å². The normalized spacial score (nSPS) is 15.5. The fourth-order valence-corrected chi connectivity index (χ4v) is 4.71. The summed E-state index contributed by atoms with van der Waals surface area (Å²) in [6.45, 7) is 5.15. The zero-order valence-electron chi connectivity index (χ0n) is 15.3. The summed E-state index contributed by atoms with van der Waals surface area (Å²) in [6, 6.07) is 19.1. The minimum absolute atomic E-state index is 0.107. The minimum atomic E-state index is -0.107. The second-order valence-corrected chi connectivity index (χ2v) is 7.87. The number of ether oxygens (including phenoxy) is 1. The van der Waals surface area contributed by atoms with Crippen LogP contribution in [-0.4, -0.2) is 9.97 Å². The van der Waals surface area contributed by atoms with Crippen LogP contribution in [0.1, 0.15) is 30.5 Å². The van der Waals surface area contributed by atoms with E-state index in [0.29, 0.717) is 6.61 Å². The van der Waals surface area contributed by atoms with E-state index in [0.717, 1.165) is 28.0 Å². The number of hydrogen-bond acceptors (Lipinski definition) is 3. The van der Waals surface area contributed by atoms with E-state index in [1.54, 1.807) is 0 Å². The van der Waals surface area contributed by atoms with Crippen molar-refractivity contribution in [2.24, 2.45) is 0 Å². The molecule has 4 aromatic rings. The smallest absolute Gasteiger partial charge is 0.222 e. The molecule has 130 valence electrons. The highest BCUT2D eigenvalue weighted by Crippen LogP contribution is 2.54.